The van der Waals surface area contributed by atoms with Crippen LogP contribution in [-0.4, -0.2) is 13.2 Å². The lowest BCUT2D eigenvalue weighted by Gasteiger charge is -2.09. The van der Waals surface area contributed by atoms with Crippen LogP contribution < -0.4 is 10.1 Å². The number of halogens is 3. The van der Waals surface area contributed by atoms with Gasteiger partial charge in [-0.05, 0) is 24.3 Å². The summed E-state index contributed by atoms with van der Waals surface area (Å²) in [4.78, 5) is 0. The molecule has 19 heavy (non-hydrogen) atoms. The first kappa shape index (κ1) is 13.6. The smallest absolute Gasteiger partial charge is 0.162 e. The van der Waals surface area contributed by atoms with E-state index < -0.39 is 11.6 Å². The number of hydrogen-bond donors (Lipinski definition) is 1. The van der Waals surface area contributed by atoms with Gasteiger partial charge in [-0.25, -0.2) is 8.78 Å². The Morgan fingerprint density at radius 1 is 1.05 bits per heavy atom. The van der Waals surface area contributed by atoms with E-state index in [1.807, 2.05) is 18.2 Å². The van der Waals surface area contributed by atoms with Gasteiger partial charge in [0.2, 0.25) is 0 Å². The number of para-hydroxylation sites is 1. The molecule has 1 N–H and O–H groups in total. The molecule has 0 saturated carbocycles. The lowest BCUT2D eigenvalue weighted by Crippen LogP contribution is -2.11. The molecule has 0 bridgehead atoms. The fraction of sp³-hybridized carbons (Fsp3) is 0.143. The zero-order valence-corrected chi connectivity index (χ0v) is 10.8. The second-order valence-corrected chi connectivity index (χ2v) is 4.24. The van der Waals surface area contributed by atoms with Gasteiger partial charge in [0.15, 0.2) is 11.6 Å². The molecule has 2 aromatic carbocycles. The summed E-state index contributed by atoms with van der Waals surface area (Å²) in [5.41, 5.74) is 0.804. The van der Waals surface area contributed by atoms with Crippen molar-refractivity contribution in [1.29, 1.82) is 0 Å². The Morgan fingerprint density at radius 3 is 2.58 bits per heavy atom. The van der Waals surface area contributed by atoms with Gasteiger partial charge in [0.1, 0.15) is 12.4 Å². The van der Waals surface area contributed by atoms with Crippen molar-refractivity contribution >= 4 is 17.3 Å². The van der Waals surface area contributed by atoms with Crippen molar-refractivity contribution in [2.75, 3.05) is 18.5 Å². The van der Waals surface area contributed by atoms with Gasteiger partial charge in [-0.2, -0.15) is 0 Å². The standard InChI is InChI=1S/C14H12ClF2NO/c15-11-3-1-2-4-14(11)18-7-8-19-10-5-6-12(16)13(17)9-10/h1-6,9,18H,7-8H2. The van der Waals surface area contributed by atoms with Crippen molar-refractivity contribution in [2.45, 2.75) is 0 Å². The SMILES string of the molecule is Fc1ccc(OCCNc2ccccc2Cl)cc1F. The van der Waals surface area contributed by atoms with E-state index in [1.165, 1.54) is 6.07 Å². The van der Waals surface area contributed by atoms with E-state index in [4.69, 9.17) is 16.3 Å². The summed E-state index contributed by atoms with van der Waals surface area (Å²) in [5.74, 6) is -1.52. The van der Waals surface area contributed by atoms with Crippen LogP contribution >= 0.6 is 11.6 Å². The van der Waals surface area contributed by atoms with Crippen molar-refractivity contribution in [3.63, 3.8) is 0 Å². The summed E-state index contributed by atoms with van der Waals surface area (Å²) in [6.45, 7) is 0.818. The van der Waals surface area contributed by atoms with Gasteiger partial charge in [0.05, 0.1) is 10.7 Å². The van der Waals surface area contributed by atoms with E-state index in [0.29, 0.717) is 23.9 Å². The Balaban J connectivity index is 1.81. The molecule has 0 spiro atoms. The average molecular weight is 284 g/mol. The highest BCUT2D eigenvalue weighted by molar-refractivity contribution is 6.33. The molecule has 0 radical (unpaired) electrons. The van der Waals surface area contributed by atoms with Gasteiger partial charge < -0.3 is 10.1 Å². The van der Waals surface area contributed by atoms with E-state index in [1.54, 1.807) is 6.07 Å². The summed E-state index contributed by atoms with van der Waals surface area (Å²) < 4.78 is 30.9. The third-order valence-electron chi connectivity index (χ3n) is 2.45. The minimum Gasteiger partial charge on any atom is -0.492 e. The normalized spacial score (nSPS) is 10.3. The maximum Gasteiger partial charge on any atom is 0.162 e. The minimum absolute atomic E-state index is 0.292. The van der Waals surface area contributed by atoms with Gasteiger partial charge in [-0.15, -0.1) is 0 Å². The molecule has 2 nitrogen and oxygen atoms in total. The van der Waals surface area contributed by atoms with Crippen molar-refractivity contribution in [3.05, 3.63) is 59.1 Å². The van der Waals surface area contributed by atoms with Crippen LogP contribution in [0.4, 0.5) is 14.5 Å². The molecule has 0 amide bonds. The van der Waals surface area contributed by atoms with Crippen LogP contribution in [0.1, 0.15) is 0 Å². The van der Waals surface area contributed by atoms with Crippen LogP contribution in [0.25, 0.3) is 0 Å². The van der Waals surface area contributed by atoms with Gasteiger partial charge in [-0.3, -0.25) is 0 Å². The van der Waals surface area contributed by atoms with Crippen molar-refractivity contribution < 1.29 is 13.5 Å². The van der Waals surface area contributed by atoms with Crippen LogP contribution in [-0.2, 0) is 0 Å². The summed E-state index contributed by atoms with van der Waals surface area (Å²) in [7, 11) is 0. The van der Waals surface area contributed by atoms with E-state index in [2.05, 4.69) is 5.32 Å². The third kappa shape index (κ3) is 3.83. The molecule has 0 aliphatic carbocycles. The van der Waals surface area contributed by atoms with Gasteiger partial charge >= 0.3 is 0 Å². The minimum atomic E-state index is -0.920. The fourth-order valence-corrected chi connectivity index (χ4v) is 1.73. The molecule has 2 rings (SSSR count). The van der Waals surface area contributed by atoms with Crippen LogP contribution in [0.5, 0.6) is 5.75 Å². The molecule has 0 aliphatic rings. The quantitative estimate of drug-likeness (QED) is 0.834. The summed E-state index contributed by atoms with van der Waals surface area (Å²) in [5, 5.41) is 3.71. The highest BCUT2D eigenvalue weighted by Crippen LogP contribution is 2.20. The van der Waals surface area contributed by atoms with Crippen LogP contribution in [0.15, 0.2) is 42.5 Å². The molecule has 0 atom stereocenters. The monoisotopic (exact) mass is 283 g/mol. The molecule has 0 unspecified atom stereocenters. The van der Waals surface area contributed by atoms with Crippen LogP contribution in [0.2, 0.25) is 5.02 Å². The predicted octanol–water partition coefficient (Wildman–Crippen LogP) is 4.11. The van der Waals surface area contributed by atoms with E-state index >= 15 is 0 Å². The summed E-state index contributed by atoms with van der Waals surface area (Å²) >= 11 is 5.96. The maximum absolute atomic E-state index is 12.9. The Kier molecular flexibility index (Phi) is 4.58. The summed E-state index contributed by atoms with van der Waals surface area (Å²) in [6.07, 6.45) is 0. The zero-order chi connectivity index (χ0) is 13.7. The fourth-order valence-electron chi connectivity index (χ4n) is 1.53. The Bertz CT molecular complexity index is 563. The van der Waals surface area contributed by atoms with E-state index in [0.717, 1.165) is 17.8 Å². The highest BCUT2D eigenvalue weighted by atomic mass is 35.5. The Hall–Kier alpha value is -1.81. The maximum atomic E-state index is 12.9. The van der Waals surface area contributed by atoms with Crippen molar-refractivity contribution in [1.82, 2.24) is 0 Å². The Labute approximate surface area is 115 Å². The van der Waals surface area contributed by atoms with Gasteiger partial charge in [0.25, 0.3) is 0 Å². The zero-order valence-electron chi connectivity index (χ0n) is 10.00. The van der Waals surface area contributed by atoms with Crippen molar-refractivity contribution in [3.8, 4) is 5.75 Å². The first-order valence-corrected chi connectivity index (χ1v) is 6.11. The molecule has 0 saturated heterocycles. The molecule has 0 aromatic heterocycles. The second-order valence-electron chi connectivity index (χ2n) is 3.83. The first-order chi connectivity index (χ1) is 9.16. The van der Waals surface area contributed by atoms with Crippen LogP contribution in [0, 0.1) is 11.6 Å². The number of nitrogens with one attached hydrogen (secondary N) is 1. The lowest BCUT2D eigenvalue weighted by atomic mass is 10.3. The second kappa shape index (κ2) is 6.38. The van der Waals surface area contributed by atoms with Gasteiger partial charge in [0, 0.05) is 12.6 Å². The lowest BCUT2D eigenvalue weighted by molar-refractivity contribution is 0.329. The molecule has 0 heterocycles. The number of anilines is 1. The number of ether oxygens (including phenoxy) is 1. The average Bonchev–Trinajstić information content (AvgIpc) is 2.40. The van der Waals surface area contributed by atoms with E-state index in [-0.39, 0.29) is 0 Å². The topological polar surface area (TPSA) is 21.3 Å². The molecule has 100 valence electrons. The third-order valence-corrected chi connectivity index (χ3v) is 2.78. The van der Waals surface area contributed by atoms with E-state index in [9.17, 15) is 8.78 Å². The predicted molar refractivity (Wildman–Crippen MR) is 71.8 cm³/mol. The molecular formula is C14H12ClF2NO. The highest BCUT2D eigenvalue weighted by Gasteiger charge is 2.03. The number of hydrogen-bond acceptors (Lipinski definition) is 2. The largest absolute Gasteiger partial charge is 0.492 e. The number of benzene rings is 2. The first-order valence-electron chi connectivity index (χ1n) is 5.73. The van der Waals surface area contributed by atoms with Crippen LogP contribution in [0.3, 0.4) is 0 Å². The van der Waals surface area contributed by atoms with Crippen molar-refractivity contribution in [2.24, 2.45) is 0 Å². The molecule has 0 aliphatic heterocycles. The molecular weight excluding hydrogens is 272 g/mol. The van der Waals surface area contributed by atoms with Gasteiger partial charge in [-0.1, -0.05) is 23.7 Å². The summed E-state index contributed by atoms with van der Waals surface area (Å²) in [6, 6.07) is 10.8. The molecule has 0 fully saturated rings. The number of rotatable bonds is 5. The Morgan fingerprint density at radius 2 is 1.84 bits per heavy atom. The molecule has 5 heteroatoms. The molecule has 2 aromatic rings.